The summed E-state index contributed by atoms with van der Waals surface area (Å²) in [7, 11) is 2.00. The SMILES string of the molecule is CCC(CNC)CNc1ccc(Cl)cc1C. The van der Waals surface area contributed by atoms with E-state index in [0.29, 0.717) is 5.92 Å². The highest BCUT2D eigenvalue weighted by Gasteiger charge is 2.05. The van der Waals surface area contributed by atoms with E-state index in [2.05, 4.69) is 24.5 Å². The average Bonchev–Trinajstić information content (AvgIpc) is 2.26. The van der Waals surface area contributed by atoms with Gasteiger partial charge in [-0.3, -0.25) is 0 Å². The highest BCUT2D eigenvalue weighted by molar-refractivity contribution is 6.30. The number of hydrogen-bond donors (Lipinski definition) is 2. The van der Waals surface area contributed by atoms with Crippen LogP contribution in [0, 0.1) is 12.8 Å². The summed E-state index contributed by atoms with van der Waals surface area (Å²) in [6.45, 7) is 6.35. The van der Waals surface area contributed by atoms with Crippen LogP contribution in [0.4, 0.5) is 5.69 Å². The van der Waals surface area contributed by atoms with E-state index in [1.54, 1.807) is 0 Å². The van der Waals surface area contributed by atoms with Gasteiger partial charge in [-0.15, -0.1) is 0 Å². The lowest BCUT2D eigenvalue weighted by Gasteiger charge is -2.17. The van der Waals surface area contributed by atoms with Gasteiger partial charge < -0.3 is 10.6 Å². The molecule has 0 aliphatic rings. The van der Waals surface area contributed by atoms with E-state index in [9.17, 15) is 0 Å². The number of halogens is 1. The van der Waals surface area contributed by atoms with Gasteiger partial charge in [0.25, 0.3) is 0 Å². The molecule has 0 bridgehead atoms. The van der Waals surface area contributed by atoms with E-state index in [0.717, 1.165) is 18.1 Å². The minimum Gasteiger partial charge on any atom is -0.385 e. The highest BCUT2D eigenvalue weighted by Crippen LogP contribution is 2.19. The zero-order valence-corrected chi connectivity index (χ0v) is 11.1. The fourth-order valence-electron chi connectivity index (χ4n) is 1.73. The van der Waals surface area contributed by atoms with Crippen molar-refractivity contribution in [1.82, 2.24) is 5.32 Å². The minimum atomic E-state index is 0.667. The lowest BCUT2D eigenvalue weighted by atomic mass is 10.1. The largest absolute Gasteiger partial charge is 0.385 e. The summed E-state index contributed by atoms with van der Waals surface area (Å²) in [5.41, 5.74) is 2.38. The Kier molecular flexibility index (Phi) is 5.64. The van der Waals surface area contributed by atoms with Crippen LogP contribution >= 0.6 is 11.6 Å². The van der Waals surface area contributed by atoms with Crippen molar-refractivity contribution in [3.63, 3.8) is 0 Å². The van der Waals surface area contributed by atoms with Gasteiger partial charge in [0.1, 0.15) is 0 Å². The first kappa shape index (κ1) is 13.3. The third-order valence-electron chi connectivity index (χ3n) is 2.84. The molecule has 1 rings (SSSR count). The van der Waals surface area contributed by atoms with Gasteiger partial charge in [-0.25, -0.2) is 0 Å². The van der Waals surface area contributed by atoms with E-state index < -0.39 is 0 Å². The van der Waals surface area contributed by atoms with Crippen molar-refractivity contribution < 1.29 is 0 Å². The molecule has 0 saturated heterocycles. The number of anilines is 1. The third kappa shape index (κ3) is 4.03. The molecule has 16 heavy (non-hydrogen) atoms. The molecular weight excluding hydrogens is 220 g/mol. The topological polar surface area (TPSA) is 24.1 Å². The highest BCUT2D eigenvalue weighted by atomic mass is 35.5. The third-order valence-corrected chi connectivity index (χ3v) is 3.07. The van der Waals surface area contributed by atoms with Crippen LogP contribution in [0.5, 0.6) is 0 Å². The van der Waals surface area contributed by atoms with Crippen LogP contribution in [0.2, 0.25) is 5.02 Å². The Hall–Kier alpha value is -0.730. The van der Waals surface area contributed by atoms with Crippen molar-refractivity contribution >= 4 is 17.3 Å². The second-order valence-corrected chi connectivity index (χ2v) is 4.61. The van der Waals surface area contributed by atoms with Gasteiger partial charge in [-0.2, -0.15) is 0 Å². The van der Waals surface area contributed by atoms with E-state index in [-0.39, 0.29) is 0 Å². The molecular formula is C13H21ClN2. The molecule has 0 spiro atoms. The first-order chi connectivity index (χ1) is 7.67. The minimum absolute atomic E-state index is 0.667. The van der Waals surface area contributed by atoms with Crippen molar-refractivity contribution in [2.75, 3.05) is 25.5 Å². The summed E-state index contributed by atoms with van der Waals surface area (Å²) < 4.78 is 0. The molecule has 0 heterocycles. The molecule has 0 aliphatic heterocycles. The Morgan fingerprint density at radius 2 is 2.06 bits per heavy atom. The van der Waals surface area contributed by atoms with E-state index >= 15 is 0 Å². The van der Waals surface area contributed by atoms with Crippen LogP contribution in [0.1, 0.15) is 18.9 Å². The predicted octanol–water partition coefficient (Wildman–Crippen LogP) is 3.31. The maximum atomic E-state index is 5.92. The van der Waals surface area contributed by atoms with E-state index in [1.807, 2.05) is 25.2 Å². The Morgan fingerprint density at radius 1 is 1.31 bits per heavy atom. The van der Waals surface area contributed by atoms with Crippen LogP contribution in [-0.4, -0.2) is 20.1 Å². The van der Waals surface area contributed by atoms with Crippen LogP contribution in [0.3, 0.4) is 0 Å². The molecule has 0 amide bonds. The number of aryl methyl sites for hydroxylation is 1. The van der Waals surface area contributed by atoms with Crippen LogP contribution in [0.15, 0.2) is 18.2 Å². The molecule has 1 aromatic carbocycles. The molecule has 0 aliphatic carbocycles. The smallest absolute Gasteiger partial charge is 0.0410 e. The van der Waals surface area contributed by atoms with Crippen LogP contribution in [-0.2, 0) is 0 Å². The number of hydrogen-bond acceptors (Lipinski definition) is 2. The number of rotatable bonds is 6. The van der Waals surface area contributed by atoms with Gasteiger partial charge in [0.15, 0.2) is 0 Å². The molecule has 0 radical (unpaired) electrons. The Labute approximate surface area is 103 Å². The normalized spacial score (nSPS) is 12.5. The Balaban J connectivity index is 2.53. The van der Waals surface area contributed by atoms with Crippen molar-refractivity contribution in [3.8, 4) is 0 Å². The molecule has 90 valence electrons. The van der Waals surface area contributed by atoms with Gasteiger partial charge in [0.2, 0.25) is 0 Å². The molecule has 3 heteroatoms. The van der Waals surface area contributed by atoms with E-state index in [1.165, 1.54) is 17.7 Å². The van der Waals surface area contributed by atoms with Gasteiger partial charge in [0, 0.05) is 17.3 Å². The summed E-state index contributed by atoms with van der Waals surface area (Å²) in [6.07, 6.45) is 1.18. The molecule has 1 aromatic rings. The zero-order valence-electron chi connectivity index (χ0n) is 10.3. The first-order valence-electron chi connectivity index (χ1n) is 5.82. The van der Waals surface area contributed by atoms with Crippen molar-refractivity contribution in [1.29, 1.82) is 0 Å². The zero-order chi connectivity index (χ0) is 12.0. The summed E-state index contributed by atoms with van der Waals surface area (Å²) >= 11 is 5.92. The first-order valence-corrected chi connectivity index (χ1v) is 6.19. The fraction of sp³-hybridized carbons (Fsp3) is 0.538. The standard InChI is InChI=1S/C13H21ClN2/c1-4-11(8-15-3)9-16-13-6-5-12(14)7-10(13)2/h5-7,11,15-16H,4,8-9H2,1-3H3. The summed E-state index contributed by atoms with van der Waals surface area (Å²) in [4.78, 5) is 0. The van der Waals surface area contributed by atoms with Crippen LogP contribution in [0.25, 0.3) is 0 Å². The fourth-order valence-corrected chi connectivity index (χ4v) is 1.96. The molecule has 2 N–H and O–H groups in total. The summed E-state index contributed by atoms with van der Waals surface area (Å²) in [5.74, 6) is 0.667. The van der Waals surface area contributed by atoms with Crippen molar-refractivity contribution in [2.24, 2.45) is 5.92 Å². The number of benzene rings is 1. The average molecular weight is 241 g/mol. The summed E-state index contributed by atoms with van der Waals surface area (Å²) in [6, 6.07) is 5.96. The van der Waals surface area contributed by atoms with Gasteiger partial charge in [-0.05, 0) is 50.2 Å². The maximum Gasteiger partial charge on any atom is 0.0410 e. The maximum absolute atomic E-state index is 5.92. The summed E-state index contributed by atoms with van der Waals surface area (Å²) in [5, 5.41) is 7.49. The Bertz CT molecular complexity index is 326. The van der Waals surface area contributed by atoms with Crippen molar-refractivity contribution in [3.05, 3.63) is 28.8 Å². The monoisotopic (exact) mass is 240 g/mol. The van der Waals surface area contributed by atoms with Gasteiger partial charge in [-0.1, -0.05) is 24.9 Å². The Morgan fingerprint density at radius 3 is 2.62 bits per heavy atom. The van der Waals surface area contributed by atoms with E-state index in [4.69, 9.17) is 11.6 Å². The second-order valence-electron chi connectivity index (χ2n) is 4.17. The van der Waals surface area contributed by atoms with Gasteiger partial charge in [0.05, 0.1) is 0 Å². The number of nitrogens with one attached hydrogen (secondary N) is 2. The molecule has 0 aromatic heterocycles. The lowest BCUT2D eigenvalue weighted by Crippen LogP contribution is -2.25. The molecule has 0 saturated carbocycles. The van der Waals surface area contributed by atoms with Gasteiger partial charge >= 0.3 is 0 Å². The molecule has 1 unspecified atom stereocenters. The quantitative estimate of drug-likeness (QED) is 0.797. The van der Waals surface area contributed by atoms with Crippen molar-refractivity contribution in [2.45, 2.75) is 20.3 Å². The predicted molar refractivity (Wildman–Crippen MR) is 72.4 cm³/mol. The molecule has 2 nitrogen and oxygen atoms in total. The molecule has 0 fully saturated rings. The lowest BCUT2D eigenvalue weighted by molar-refractivity contribution is 0.506. The van der Waals surface area contributed by atoms with Crippen LogP contribution < -0.4 is 10.6 Å². The molecule has 1 atom stereocenters. The second kappa shape index (κ2) is 6.77.